The molecule has 1 aromatic rings. The van der Waals surface area contributed by atoms with Crippen molar-refractivity contribution in [2.75, 3.05) is 41.6 Å². The summed E-state index contributed by atoms with van der Waals surface area (Å²) in [7, 11) is -3.91. The van der Waals surface area contributed by atoms with Crippen LogP contribution in [-0.4, -0.2) is 63.2 Å². The fourth-order valence-electron chi connectivity index (χ4n) is 3.26. The van der Waals surface area contributed by atoms with Gasteiger partial charge in [0.05, 0.1) is 6.61 Å². The zero-order valence-corrected chi connectivity index (χ0v) is 18.2. The van der Waals surface area contributed by atoms with E-state index >= 15 is 0 Å². The maximum absolute atomic E-state index is 12.5. The fourth-order valence-corrected chi connectivity index (χ4v) is 4.32. The average Bonchev–Trinajstić information content (AvgIpc) is 2.66. The first-order valence-corrected chi connectivity index (χ1v) is 11.7. The van der Waals surface area contributed by atoms with Crippen LogP contribution < -0.4 is 9.62 Å². The lowest BCUT2D eigenvalue weighted by Gasteiger charge is -2.29. The van der Waals surface area contributed by atoms with Gasteiger partial charge < -0.3 is 14.5 Å². The third-order valence-electron chi connectivity index (χ3n) is 4.72. The SMILES string of the molecule is CCOC(=O)CN(C(=O)CS(=O)(=O)Nc1ccc(N2CCCCC2)cc1)C(C)C. The number of anilines is 2. The molecular formula is C20H31N3O5S. The van der Waals surface area contributed by atoms with Crippen LogP contribution in [0, 0.1) is 0 Å². The van der Waals surface area contributed by atoms with Crippen molar-refractivity contribution in [2.45, 2.75) is 46.1 Å². The highest BCUT2D eigenvalue weighted by atomic mass is 32.2. The Bertz CT molecular complexity index is 787. The van der Waals surface area contributed by atoms with Gasteiger partial charge in [0.25, 0.3) is 0 Å². The number of rotatable bonds is 9. The minimum absolute atomic E-state index is 0.201. The molecule has 1 N–H and O–H groups in total. The Morgan fingerprint density at radius 2 is 1.76 bits per heavy atom. The first-order chi connectivity index (χ1) is 13.7. The van der Waals surface area contributed by atoms with E-state index in [9.17, 15) is 18.0 Å². The smallest absolute Gasteiger partial charge is 0.325 e. The maximum atomic E-state index is 12.5. The zero-order valence-electron chi connectivity index (χ0n) is 17.4. The first-order valence-electron chi connectivity index (χ1n) is 10.0. The number of amides is 1. The van der Waals surface area contributed by atoms with Crippen molar-refractivity contribution in [1.82, 2.24) is 4.90 Å². The van der Waals surface area contributed by atoms with E-state index in [0.717, 1.165) is 31.6 Å². The average molecular weight is 426 g/mol. The Morgan fingerprint density at radius 1 is 1.14 bits per heavy atom. The number of piperidine rings is 1. The minimum atomic E-state index is -3.91. The third-order valence-corrected chi connectivity index (χ3v) is 5.90. The van der Waals surface area contributed by atoms with Gasteiger partial charge in [-0.05, 0) is 64.3 Å². The summed E-state index contributed by atoms with van der Waals surface area (Å²) in [5, 5.41) is 0. The molecule has 1 aliphatic heterocycles. The molecule has 2 rings (SSSR count). The Kier molecular flexibility index (Phi) is 8.31. The molecule has 1 fully saturated rings. The number of nitrogens with one attached hydrogen (secondary N) is 1. The minimum Gasteiger partial charge on any atom is -0.465 e. The lowest BCUT2D eigenvalue weighted by molar-refractivity contribution is -0.149. The monoisotopic (exact) mass is 425 g/mol. The van der Waals surface area contributed by atoms with Crippen molar-refractivity contribution >= 4 is 33.3 Å². The van der Waals surface area contributed by atoms with Gasteiger partial charge >= 0.3 is 5.97 Å². The molecule has 0 aliphatic carbocycles. The van der Waals surface area contributed by atoms with E-state index < -0.39 is 27.7 Å². The van der Waals surface area contributed by atoms with E-state index in [2.05, 4.69) is 9.62 Å². The third kappa shape index (κ3) is 7.23. The fraction of sp³-hybridized carbons (Fsp3) is 0.600. The predicted molar refractivity (Wildman–Crippen MR) is 113 cm³/mol. The van der Waals surface area contributed by atoms with Gasteiger partial charge in [-0.3, -0.25) is 14.3 Å². The van der Waals surface area contributed by atoms with Crippen LogP contribution in [0.15, 0.2) is 24.3 Å². The van der Waals surface area contributed by atoms with Crippen LogP contribution in [0.1, 0.15) is 40.0 Å². The number of carbonyl (C=O) groups excluding carboxylic acids is 2. The quantitative estimate of drug-likeness (QED) is 0.610. The van der Waals surface area contributed by atoms with Gasteiger partial charge in [0.15, 0.2) is 0 Å². The summed E-state index contributed by atoms with van der Waals surface area (Å²) in [6.07, 6.45) is 3.56. The van der Waals surface area contributed by atoms with Crippen LogP contribution in [0.5, 0.6) is 0 Å². The topological polar surface area (TPSA) is 96.0 Å². The van der Waals surface area contributed by atoms with Crippen LogP contribution in [0.25, 0.3) is 0 Å². The second-order valence-electron chi connectivity index (χ2n) is 7.38. The second kappa shape index (κ2) is 10.5. The molecular weight excluding hydrogens is 394 g/mol. The summed E-state index contributed by atoms with van der Waals surface area (Å²) < 4.78 is 32.2. The highest BCUT2D eigenvalue weighted by Gasteiger charge is 2.26. The standard InChI is InChI=1S/C20H31N3O5S/c1-4-28-20(25)14-23(16(2)3)19(24)15-29(26,27)21-17-8-10-18(11-9-17)22-12-6-5-7-13-22/h8-11,16,21H,4-7,12-15H2,1-3H3. The summed E-state index contributed by atoms with van der Waals surface area (Å²) in [5.74, 6) is -1.95. The summed E-state index contributed by atoms with van der Waals surface area (Å²) in [5.41, 5.74) is 1.46. The van der Waals surface area contributed by atoms with Gasteiger partial charge in [0.2, 0.25) is 15.9 Å². The molecule has 9 heteroatoms. The summed E-state index contributed by atoms with van der Waals surface area (Å²) in [6.45, 7) is 7.05. The van der Waals surface area contributed by atoms with Gasteiger partial charge in [-0.1, -0.05) is 0 Å². The van der Waals surface area contributed by atoms with E-state index in [1.807, 2.05) is 12.1 Å². The summed E-state index contributed by atoms with van der Waals surface area (Å²) in [6, 6.07) is 6.83. The van der Waals surface area contributed by atoms with E-state index in [4.69, 9.17) is 4.74 Å². The molecule has 0 aromatic heterocycles. The van der Waals surface area contributed by atoms with Crippen molar-refractivity contribution in [3.05, 3.63) is 24.3 Å². The van der Waals surface area contributed by atoms with Crippen molar-refractivity contribution in [3.8, 4) is 0 Å². The number of ether oxygens (including phenoxy) is 1. The molecule has 8 nitrogen and oxygen atoms in total. The van der Waals surface area contributed by atoms with Gasteiger partial charge in [0.1, 0.15) is 12.3 Å². The Hall–Kier alpha value is -2.29. The number of nitrogens with zero attached hydrogens (tertiary/aromatic N) is 2. The number of carbonyl (C=O) groups is 2. The molecule has 0 radical (unpaired) electrons. The number of sulfonamides is 1. The number of esters is 1. The predicted octanol–water partition coefficient (Wildman–Crippen LogP) is 2.22. The molecule has 0 unspecified atom stereocenters. The molecule has 0 atom stereocenters. The molecule has 1 saturated heterocycles. The second-order valence-corrected chi connectivity index (χ2v) is 9.10. The van der Waals surface area contributed by atoms with E-state index in [1.165, 1.54) is 11.3 Å². The number of hydrogen-bond donors (Lipinski definition) is 1. The molecule has 1 aromatic carbocycles. The van der Waals surface area contributed by atoms with Crippen molar-refractivity contribution < 1.29 is 22.7 Å². The van der Waals surface area contributed by atoms with E-state index in [1.54, 1.807) is 32.9 Å². The lowest BCUT2D eigenvalue weighted by Crippen LogP contribution is -2.44. The normalized spacial score (nSPS) is 14.6. The molecule has 1 amide bonds. The molecule has 0 saturated carbocycles. The molecule has 162 valence electrons. The van der Waals surface area contributed by atoms with Crippen LogP contribution in [-0.2, 0) is 24.3 Å². The van der Waals surface area contributed by atoms with Crippen molar-refractivity contribution in [2.24, 2.45) is 0 Å². The van der Waals surface area contributed by atoms with Gasteiger partial charge in [0, 0.05) is 30.5 Å². The molecule has 0 bridgehead atoms. The highest BCUT2D eigenvalue weighted by molar-refractivity contribution is 7.93. The maximum Gasteiger partial charge on any atom is 0.325 e. The van der Waals surface area contributed by atoms with Crippen molar-refractivity contribution in [1.29, 1.82) is 0 Å². The van der Waals surface area contributed by atoms with Gasteiger partial charge in [-0.25, -0.2) is 8.42 Å². The van der Waals surface area contributed by atoms with E-state index in [0.29, 0.717) is 5.69 Å². The Labute approximate surface area is 173 Å². The van der Waals surface area contributed by atoms with Gasteiger partial charge in [-0.15, -0.1) is 0 Å². The highest BCUT2D eigenvalue weighted by Crippen LogP contribution is 2.22. The van der Waals surface area contributed by atoms with E-state index in [-0.39, 0.29) is 19.2 Å². The molecule has 1 aliphatic rings. The summed E-state index contributed by atoms with van der Waals surface area (Å²) in [4.78, 5) is 27.7. The lowest BCUT2D eigenvalue weighted by atomic mass is 10.1. The zero-order chi connectivity index (χ0) is 21.4. The van der Waals surface area contributed by atoms with Crippen LogP contribution in [0.3, 0.4) is 0 Å². The number of hydrogen-bond acceptors (Lipinski definition) is 6. The number of benzene rings is 1. The van der Waals surface area contributed by atoms with Crippen LogP contribution in [0.4, 0.5) is 11.4 Å². The Morgan fingerprint density at radius 3 is 2.31 bits per heavy atom. The summed E-state index contributed by atoms with van der Waals surface area (Å²) >= 11 is 0. The van der Waals surface area contributed by atoms with Crippen LogP contribution >= 0.6 is 0 Å². The Balaban J connectivity index is 1.98. The first kappa shape index (κ1) is 23.0. The molecule has 0 spiro atoms. The van der Waals surface area contributed by atoms with Crippen LogP contribution in [0.2, 0.25) is 0 Å². The van der Waals surface area contributed by atoms with Gasteiger partial charge in [-0.2, -0.15) is 0 Å². The van der Waals surface area contributed by atoms with Crippen molar-refractivity contribution in [3.63, 3.8) is 0 Å². The molecule has 29 heavy (non-hydrogen) atoms. The molecule has 1 heterocycles. The largest absolute Gasteiger partial charge is 0.465 e.